The molecule has 1 aliphatic heterocycles. The van der Waals surface area contributed by atoms with E-state index < -0.39 is 0 Å². The summed E-state index contributed by atoms with van der Waals surface area (Å²) in [6, 6.07) is 20.7. The van der Waals surface area contributed by atoms with Gasteiger partial charge < -0.3 is 10.2 Å². The summed E-state index contributed by atoms with van der Waals surface area (Å²) in [7, 11) is 0. The van der Waals surface area contributed by atoms with Gasteiger partial charge in [-0.15, -0.1) is 0 Å². The second-order valence-corrected chi connectivity index (χ2v) is 6.84. The first-order valence-electron chi connectivity index (χ1n) is 9.31. The Balaban J connectivity index is 1.61. The minimum atomic E-state index is -0.336. The molecular formula is C23H21N3O2. The Hall–Kier alpha value is -3.47. The molecule has 28 heavy (non-hydrogen) atoms. The predicted molar refractivity (Wildman–Crippen MR) is 108 cm³/mol. The maximum absolute atomic E-state index is 13.0. The lowest BCUT2D eigenvalue weighted by molar-refractivity contribution is -0.116. The third-order valence-corrected chi connectivity index (χ3v) is 5.01. The number of amides is 2. The highest BCUT2D eigenvalue weighted by Gasteiger charge is 2.24. The fourth-order valence-corrected chi connectivity index (χ4v) is 3.60. The molecule has 0 saturated carbocycles. The molecule has 1 aromatic heterocycles. The summed E-state index contributed by atoms with van der Waals surface area (Å²) < 4.78 is 0. The lowest BCUT2D eigenvalue weighted by Gasteiger charge is -2.19. The van der Waals surface area contributed by atoms with Crippen LogP contribution in [0.25, 0.3) is 0 Å². The van der Waals surface area contributed by atoms with Gasteiger partial charge in [0.2, 0.25) is 5.91 Å². The van der Waals surface area contributed by atoms with E-state index in [2.05, 4.69) is 10.3 Å². The van der Waals surface area contributed by atoms with Crippen molar-refractivity contribution in [3.63, 3.8) is 0 Å². The van der Waals surface area contributed by atoms with E-state index in [0.29, 0.717) is 12.1 Å². The Morgan fingerprint density at radius 1 is 1.04 bits per heavy atom. The third-order valence-electron chi connectivity index (χ3n) is 5.01. The summed E-state index contributed by atoms with van der Waals surface area (Å²) in [4.78, 5) is 30.9. The van der Waals surface area contributed by atoms with Gasteiger partial charge in [-0.1, -0.05) is 36.4 Å². The van der Waals surface area contributed by atoms with Crippen molar-refractivity contribution in [3.8, 4) is 0 Å². The van der Waals surface area contributed by atoms with E-state index in [1.165, 1.54) is 0 Å². The van der Waals surface area contributed by atoms with E-state index in [0.717, 1.165) is 28.9 Å². The molecule has 0 bridgehead atoms. The first-order chi connectivity index (χ1) is 13.6. The number of rotatable bonds is 4. The van der Waals surface area contributed by atoms with Gasteiger partial charge in [0.1, 0.15) is 0 Å². The maximum atomic E-state index is 13.0. The van der Waals surface area contributed by atoms with Crippen LogP contribution in [0.4, 0.5) is 5.69 Å². The average molecular weight is 371 g/mol. The number of hydrogen-bond acceptors (Lipinski definition) is 3. The van der Waals surface area contributed by atoms with E-state index >= 15 is 0 Å². The molecule has 2 heterocycles. The van der Waals surface area contributed by atoms with Crippen LogP contribution in [0.5, 0.6) is 0 Å². The SMILES string of the molecule is CC(=O)N1CCc2cc(C(=O)NC(c3ccccc3)c3ccccn3)ccc21. The minimum Gasteiger partial charge on any atom is -0.340 e. The molecule has 1 aliphatic rings. The minimum absolute atomic E-state index is 0.0234. The van der Waals surface area contributed by atoms with Crippen molar-refractivity contribution in [1.29, 1.82) is 0 Å². The van der Waals surface area contributed by atoms with Crippen LogP contribution < -0.4 is 10.2 Å². The van der Waals surface area contributed by atoms with Gasteiger partial charge in [-0.25, -0.2) is 0 Å². The van der Waals surface area contributed by atoms with Gasteiger partial charge in [0.05, 0.1) is 11.7 Å². The number of fused-ring (bicyclic) bond motifs is 1. The molecule has 140 valence electrons. The van der Waals surface area contributed by atoms with Crippen LogP contribution in [0.15, 0.2) is 72.9 Å². The summed E-state index contributed by atoms with van der Waals surface area (Å²) in [6.45, 7) is 2.23. The molecule has 0 fully saturated rings. The fourth-order valence-electron chi connectivity index (χ4n) is 3.60. The molecule has 2 amide bonds. The summed E-state index contributed by atoms with van der Waals surface area (Å²) in [5, 5.41) is 3.11. The Kier molecular flexibility index (Phi) is 4.89. The summed E-state index contributed by atoms with van der Waals surface area (Å²) in [6.07, 6.45) is 2.49. The highest BCUT2D eigenvalue weighted by molar-refractivity contribution is 5.98. The maximum Gasteiger partial charge on any atom is 0.252 e. The smallest absolute Gasteiger partial charge is 0.252 e. The number of carbonyl (C=O) groups is 2. The first kappa shape index (κ1) is 17.9. The predicted octanol–water partition coefficient (Wildman–Crippen LogP) is 3.51. The van der Waals surface area contributed by atoms with Crippen LogP contribution >= 0.6 is 0 Å². The van der Waals surface area contributed by atoms with Gasteiger partial charge in [0.25, 0.3) is 5.91 Å². The molecule has 1 atom stereocenters. The highest BCUT2D eigenvalue weighted by atomic mass is 16.2. The lowest BCUT2D eigenvalue weighted by atomic mass is 10.0. The lowest BCUT2D eigenvalue weighted by Crippen LogP contribution is -2.30. The van der Waals surface area contributed by atoms with Crippen LogP contribution in [0.3, 0.4) is 0 Å². The van der Waals surface area contributed by atoms with E-state index in [9.17, 15) is 9.59 Å². The van der Waals surface area contributed by atoms with Gasteiger partial charge in [0, 0.05) is 30.9 Å². The molecule has 0 radical (unpaired) electrons. The largest absolute Gasteiger partial charge is 0.340 e. The van der Waals surface area contributed by atoms with Crippen LogP contribution in [-0.4, -0.2) is 23.3 Å². The summed E-state index contributed by atoms with van der Waals surface area (Å²) >= 11 is 0. The summed E-state index contributed by atoms with van der Waals surface area (Å²) in [5.41, 5.74) is 4.26. The topological polar surface area (TPSA) is 62.3 Å². The monoisotopic (exact) mass is 371 g/mol. The van der Waals surface area contributed by atoms with E-state index in [1.54, 1.807) is 24.1 Å². The number of anilines is 1. The van der Waals surface area contributed by atoms with Crippen molar-refractivity contribution in [3.05, 3.63) is 95.3 Å². The molecule has 0 aliphatic carbocycles. The van der Waals surface area contributed by atoms with Crippen molar-refractivity contribution >= 4 is 17.5 Å². The van der Waals surface area contributed by atoms with Gasteiger partial charge in [-0.05, 0) is 47.9 Å². The number of nitrogens with zero attached hydrogens (tertiary/aromatic N) is 2. The van der Waals surface area contributed by atoms with Crippen molar-refractivity contribution in [1.82, 2.24) is 10.3 Å². The Labute approximate surface area is 164 Å². The standard InChI is InChI=1S/C23H21N3O2/c1-16(27)26-14-12-18-15-19(10-11-21(18)26)23(28)25-22(17-7-3-2-4-8-17)20-9-5-6-13-24-20/h2-11,13,15,22H,12,14H2,1H3,(H,25,28). The second-order valence-electron chi connectivity index (χ2n) is 6.84. The second kappa shape index (κ2) is 7.64. The Morgan fingerprint density at radius 2 is 1.82 bits per heavy atom. The molecule has 0 spiro atoms. The molecule has 3 aromatic rings. The summed E-state index contributed by atoms with van der Waals surface area (Å²) in [5.74, 6) is -0.140. The van der Waals surface area contributed by atoms with Crippen LogP contribution in [0.2, 0.25) is 0 Å². The number of nitrogens with one attached hydrogen (secondary N) is 1. The Morgan fingerprint density at radius 3 is 2.54 bits per heavy atom. The van der Waals surface area contributed by atoms with E-state index in [4.69, 9.17) is 0 Å². The molecule has 1 unspecified atom stereocenters. The number of hydrogen-bond donors (Lipinski definition) is 1. The number of pyridine rings is 1. The van der Waals surface area contributed by atoms with E-state index in [1.807, 2.05) is 60.7 Å². The van der Waals surface area contributed by atoms with Crippen molar-refractivity contribution in [2.24, 2.45) is 0 Å². The highest BCUT2D eigenvalue weighted by Crippen LogP contribution is 2.29. The third kappa shape index (κ3) is 3.51. The zero-order valence-corrected chi connectivity index (χ0v) is 15.6. The van der Waals surface area contributed by atoms with Gasteiger partial charge in [-0.2, -0.15) is 0 Å². The van der Waals surface area contributed by atoms with Crippen molar-refractivity contribution in [2.45, 2.75) is 19.4 Å². The van der Waals surface area contributed by atoms with Gasteiger partial charge in [0.15, 0.2) is 0 Å². The van der Waals surface area contributed by atoms with Gasteiger partial charge >= 0.3 is 0 Å². The van der Waals surface area contributed by atoms with Crippen LogP contribution in [0.1, 0.15) is 40.1 Å². The molecule has 5 nitrogen and oxygen atoms in total. The molecule has 5 heteroatoms. The van der Waals surface area contributed by atoms with Crippen molar-refractivity contribution < 1.29 is 9.59 Å². The zero-order chi connectivity index (χ0) is 19.5. The van der Waals surface area contributed by atoms with E-state index in [-0.39, 0.29) is 17.9 Å². The Bertz CT molecular complexity index is 963. The van der Waals surface area contributed by atoms with Crippen LogP contribution in [-0.2, 0) is 11.2 Å². The van der Waals surface area contributed by atoms with Gasteiger partial charge in [-0.3, -0.25) is 14.6 Å². The molecular weight excluding hydrogens is 350 g/mol. The van der Waals surface area contributed by atoms with Crippen LogP contribution in [0, 0.1) is 0 Å². The average Bonchev–Trinajstić information content (AvgIpc) is 3.16. The number of benzene rings is 2. The fraction of sp³-hybridized carbons (Fsp3) is 0.174. The molecule has 4 rings (SSSR count). The zero-order valence-electron chi connectivity index (χ0n) is 15.6. The number of carbonyl (C=O) groups excluding carboxylic acids is 2. The normalized spacial score (nSPS) is 13.7. The molecule has 0 saturated heterocycles. The quantitative estimate of drug-likeness (QED) is 0.763. The first-order valence-corrected chi connectivity index (χ1v) is 9.31. The van der Waals surface area contributed by atoms with Crippen molar-refractivity contribution in [2.75, 3.05) is 11.4 Å². The molecule has 2 aromatic carbocycles. The number of aromatic nitrogens is 1. The molecule has 1 N–H and O–H groups in total.